The van der Waals surface area contributed by atoms with Crippen LogP contribution in [-0.4, -0.2) is 64.1 Å². The summed E-state index contributed by atoms with van der Waals surface area (Å²) in [6.45, 7) is 15.0. The van der Waals surface area contributed by atoms with Crippen LogP contribution in [0.2, 0.25) is 0 Å². The fraction of sp³-hybridized carbons (Fsp3) is 1.00. The van der Waals surface area contributed by atoms with Crippen molar-refractivity contribution in [3.05, 3.63) is 0 Å². The minimum Gasteiger partial charge on any atom is -0.379 e. The number of unbranched alkanes of at least 4 members (excludes halogenated alkanes) is 1. The number of hydrogen-bond acceptors (Lipinski definition) is 4. The highest BCUT2D eigenvalue weighted by Crippen LogP contribution is 1.87. The summed E-state index contributed by atoms with van der Waals surface area (Å²) in [4.78, 5) is 2.41. The molecule has 0 fully saturated rings. The molecular formula is C14H32N2O2. The quantitative estimate of drug-likeness (QED) is 0.483. The molecule has 18 heavy (non-hydrogen) atoms. The first-order valence-electron chi connectivity index (χ1n) is 7.43. The van der Waals surface area contributed by atoms with Crippen LogP contribution in [0.25, 0.3) is 0 Å². The molecule has 0 spiro atoms. The van der Waals surface area contributed by atoms with E-state index in [0.717, 1.165) is 59.0 Å². The lowest BCUT2D eigenvalue weighted by Crippen LogP contribution is -2.33. The number of hydrogen-bond donors (Lipinski definition) is 1. The molecule has 4 heteroatoms. The molecule has 0 radical (unpaired) electrons. The van der Waals surface area contributed by atoms with Crippen LogP contribution in [0.15, 0.2) is 0 Å². The van der Waals surface area contributed by atoms with Gasteiger partial charge in [-0.25, -0.2) is 0 Å². The van der Waals surface area contributed by atoms with Gasteiger partial charge in [-0.3, -0.25) is 0 Å². The zero-order valence-corrected chi connectivity index (χ0v) is 12.5. The maximum Gasteiger partial charge on any atom is 0.0701 e. The van der Waals surface area contributed by atoms with Gasteiger partial charge in [0.2, 0.25) is 0 Å². The maximum absolute atomic E-state index is 5.47. The van der Waals surface area contributed by atoms with Crippen molar-refractivity contribution in [2.45, 2.75) is 33.6 Å². The molecule has 0 amide bonds. The van der Waals surface area contributed by atoms with Gasteiger partial charge in [-0.2, -0.15) is 0 Å². The second-order valence-corrected chi connectivity index (χ2v) is 4.36. The van der Waals surface area contributed by atoms with Crippen molar-refractivity contribution in [3.8, 4) is 0 Å². The Hall–Kier alpha value is -0.160. The van der Waals surface area contributed by atoms with Crippen LogP contribution in [-0.2, 0) is 9.47 Å². The van der Waals surface area contributed by atoms with Crippen molar-refractivity contribution in [1.29, 1.82) is 0 Å². The fourth-order valence-electron chi connectivity index (χ4n) is 1.61. The summed E-state index contributed by atoms with van der Waals surface area (Å²) in [6.07, 6.45) is 2.34. The molecule has 1 N–H and O–H groups in total. The monoisotopic (exact) mass is 260 g/mol. The third-order valence-electron chi connectivity index (χ3n) is 2.94. The van der Waals surface area contributed by atoms with E-state index in [9.17, 15) is 0 Å². The number of nitrogens with zero attached hydrogens (tertiary/aromatic N) is 1. The van der Waals surface area contributed by atoms with Gasteiger partial charge < -0.3 is 19.7 Å². The number of ether oxygens (including phenoxy) is 2. The first-order valence-corrected chi connectivity index (χ1v) is 7.43. The normalized spacial score (nSPS) is 11.3. The first-order chi connectivity index (χ1) is 8.85. The summed E-state index contributed by atoms with van der Waals surface area (Å²) in [5.41, 5.74) is 0. The lowest BCUT2D eigenvalue weighted by Gasteiger charge is -2.17. The van der Waals surface area contributed by atoms with E-state index in [4.69, 9.17) is 9.47 Å². The molecule has 0 unspecified atom stereocenters. The lowest BCUT2D eigenvalue weighted by molar-refractivity contribution is 0.0477. The van der Waals surface area contributed by atoms with Gasteiger partial charge in [-0.15, -0.1) is 0 Å². The van der Waals surface area contributed by atoms with Crippen molar-refractivity contribution in [1.82, 2.24) is 10.2 Å². The molecular weight excluding hydrogens is 228 g/mol. The predicted molar refractivity (Wildman–Crippen MR) is 77.2 cm³/mol. The van der Waals surface area contributed by atoms with Crippen LogP contribution < -0.4 is 5.32 Å². The molecule has 0 aliphatic heterocycles. The molecule has 0 aliphatic carbocycles. The van der Waals surface area contributed by atoms with Crippen LogP contribution in [0.5, 0.6) is 0 Å². The smallest absolute Gasteiger partial charge is 0.0701 e. The third-order valence-corrected chi connectivity index (χ3v) is 2.94. The van der Waals surface area contributed by atoms with Crippen molar-refractivity contribution in [2.24, 2.45) is 0 Å². The van der Waals surface area contributed by atoms with E-state index in [1.165, 1.54) is 6.42 Å². The summed E-state index contributed by atoms with van der Waals surface area (Å²) in [5, 5.41) is 3.39. The van der Waals surface area contributed by atoms with Crippen molar-refractivity contribution < 1.29 is 9.47 Å². The van der Waals surface area contributed by atoms with Gasteiger partial charge in [0.1, 0.15) is 0 Å². The second kappa shape index (κ2) is 14.9. The van der Waals surface area contributed by atoms with E-state index in [2.05, 4.69) is 31.0 Å². The van der Waals surface area contributed by atoms with Crippen LogP contribution in [0.3, 0.4) is 0 Å². The van der Waals surface area contributed by atoms with Gasteiger partial charge in [0.15, 0.2) is 0 Å². The Balaban J connectivity index is 3.03. The summed E-state index contributed by atoms with van der Waals surface area (Å²) in [6, 6.07) is 0. The molecule has 4 nitrogen and oxygen atoms in total. The van der Waals surface area contributed by atoms with Crippen molar-refractivity contribution in [3.63, 3.8) is 0 Å². The van der Waals surface area contributed by atoms with E-state index >= 15 is 0 Å². The van der Waals surface area contributed by atoms with Gasteiger partial charge in [0.05, 0.1) is 19.8 Å². The van der Waals surface area contributed by atoms with E-state index < -0.39 is 0 Å². The van der Waals surface area contributed by atoms with E-state index in [1.807, 2.05) is 0 Å². The third kappa shape index (κ3) is 12.3. The Labute approximate surface area is 113 Å². The van der Waals surface area contributed by atoms with Gasteiger partial charge in [0.25, 0.3) is 0 Å². The Morgan fingerprint density at radius 1 is 0.833 bits per heavy atom. The Morgan fingerprint density at radius 2 is 1.50 bits per heavy atom. The molecule has 0 aromatic heterocycles. The topological polar surface area (TPSA) is 33.7 Å². The lowest BCUT2D eigenvalue weighted by atomic mass is 10.4. The number of rotatable bonds is 14. The van der Waals surface area contributed by atoms with Gasteiger partial charge in [-0.05, 0) is 19.5 Å². The van der Waals surface area contributed by atoms with Gasteiger partial charge in [-0.1, -0.05) is 27.2 Å². The molecule has 0 aromatic carbocycles. The zero-order chi connectivity index (χ0) is 13.5. The van der Waals surface area contributed by atoms with Crippen LogP contribution in [0.1, 0.15) is 33.6 Å². The highest BCUT2D eigenvalue weighted by atomic mass is 16.5. The van der Waals surface area contributed by atoms with Gasteiger partial charge >= 0.3 is 0 Å². The Bertz CT molecular complexity index is 153. The van der Waals surface area contributed by atoms with E-state index in [-0.39, 0.29) is 0 Å². The summed E-state index contributed by atoms with van der Waals surface area (Å²) < 4.78 is 10.9. The molecule has 0 saturated heterocycles. The molecule has 0 bridgehead atoms. The molecule has 110 valence electrons. The average molecular weight is 260 g/mol. The second-order valence-electron chi connectivity index (χ2n) is 4.36. The number of nitrogens with one attached hydrogen (secondary N) is 1. The molecule has 0 saturated carbocycles. The standard InChI is InChI=1S/C14H32N2O2/c1-4-7-11-17-13-14-18-12-9-15-8-10-16(5-2)6-3/h15H,4-14H2,1-3H3. The molecule has 0 aliphatic rings. The predicted octanol–water partition coefficient (Wildman–Crippen LogP) is 1.75. The Morgan fingerprint density at radius 3 is 2.11 bits per heavy atom. The van der Waals surface area contributed by atoms with Gasteiger partial charge in [0, 0.05) is 26.2 Å². The van der Waals surface area contributed by atoms with Crippen LogP contribution in [0.4, 0.5) is 0 Å². The zero-order valence-electron chi connectivity index (χ0n) is 12.5. The van der Waals surface area contributed by atoms with Crippen molar-refractivity contribution in [2.75, 3.05) is 59.2 Å². The van der Waals surface area contributed by atoms with E-state index in [0.29, 0.717) is 6.61 Å². The maximum atomic E-state index is 5.47. The van der Waals surface area contributed by atoms with E-state index in [1.54, 1.807) is 0 Å². The van der Waals surface area contributed by atoms with Crippen LogP contribution in [0, 0.1) is 0 Å². The average Bonchev–Trinajstić information content (AvgIpc) is 2.40. The minimum absolute atomic E-state index is 0.710. The Kier molecular flexibility index (Phi) is 14.8. The molecule has 0 heterocycles. The highest BCUT2D eigenvalue weighted by molar-refractivity contribution is 4.55. The molecule has 0 aromatic rings. The van der Waals surface area contributed by atoms with Crippen molar-refractivity contribution >= 4 is 0 Å². The summed E-state index contributed by atoms with van der Waals surface area (Å²) in [7, 11) is 0. The molecule has 0 rings (SSSR count). The first kappa shape index (κ1) is 17.8. The highest BCUT2D eigenvalue weighted by Gasteiger charge is 1.97. The largest absolute Gasteiger partial charge is 0.379 e. The SMILES string of the molecule is CCCCOCCOCCNCCN(CC)CC. The minimum atomic E-state index is 0.710. The summed E-state index contributed by atoms with van der Waals surface area (Å²) in [5.74, 6) is 0. The molecule has 0 atom stereocenters. The number of likely N-dealkylation sites (N-methyl/N-ethyl adjacent to an activating group) is 1. The summed E-state index contributed by atoms with van der Waals surface area (Å²) >= 11 is 0. The fourth-order valence-corrected chi connectivity index (χ4v) is 1.61. The van der Waals surface area contributed by atoms with Crippen LogP contribution >= 0.6 is 0 Å².